The maximum Gasteiger partial charge on any atom is 0.252 e. The van der Waals surface area contributed by atoms with E-state index < -0.39 is 0 Å². The van der Waals surface area contributed by atoms with E-state index >= 15 is 0 Å². The summed E-state index contributed by atoms with van der Waals surface area (Å²) in [7, 11) is 0. The Kier molecular flexibility index (Phi) is 5.99. The fourth-order valence-electron chi connectivity index (χ4n) is 1.26. The Morgan fingerprint density at radius 2 is 2.18 bits per heavy atom. The lowest BCUT2D eigenvalue weighted by molar-refractivity contribution is 0.0914. The lowest BCUT2D eigenvalue weighted by Gasteiger charge is -2.15. The summed E-state index contributed by atoms with van der Waals surface area (Å²) in [6, 6.07) is 2.90. The van der Waals surface area contributed by atoms with E-state index in [4.69, 9.17) is 28.3 Å². The number of rotatable bonds is 4. The van der Waals surface area contributed by atoms with Gasteiger partial charge in [0.15, 0.2) is 0 Å². The molecule has 0 fully saturated rings. The maximum absolute atomic E-state index is 12.0. The third kappa shape index (κ3) is 3.98. The number of halogens is 3. The highest BCUT2D eigenvalue weighted by atomic mass is 127. The van der Waals surface area contributed by atoms with Crippen molar-refractivity contribution in [2.24, 2.45) is 0 Å². The molecule has 0 aliphatic heterocycles. The van der Waals surface area contributed by atoms with Crippen molar-refractivity contribution >= 4 is 51.7 Å². The van der Waals surface area contributed by atoms with Gasteiger partial charge in [-0.15, -0.1) is 0 Å². The SMILES string of the molecule is CCC(CO)NC(=O)c1cc(Cl)cc(Cl)c1I. The number of nitrogens with one attached hydrogen (secondary N) is 1. The number of carbonyl (C=O) groups is 1. The second-order valence-electron chi connectivity index (χ2n) is 3.51. The summed E-state index contributed by atoms with van der Waals surface area (Å²) in [5.41, 5.74) is 0.426. The number of aliphatic hydroxyl groups excluding tert-OH is 1. The molecule has 0 saturated heterocycles. The summed E-state index contributed by atoms with van der Waals surface area (Å²) in [4.78, 5) is 12.0. The molecule has 0 saturated carbocycles. The van der Waals surface area contributed by atoms with Crippen LogP contribution in [0.3, 0.4) is 0 Å². The van der Waals surface area contributed by atoms with Crippen molar-refractivity contribution in [1.29, 1.82) is 0 Å². The molecule has 0 bridgehead atoms. The summed E-state index contributed by atoms with van der Waals surface area (Å²) in [6.07, 6.45) is 0.660. The van der Waals surface area contributed by atoms with E-state index in [0.717, 1.165) is 0 Å². The van der Waals surface area contributed by atoms with Crippen LogP contribution in [0.5, 0.6) is 0 Å². The average molecular weight is 388 g/mol. The molecule has 1 aromatic rings. The van der Waals surface area contributed by atoms with E-state index in [9.17, 15) is 4.79 Å². The zero-order chi connectivity index (χ0) is 13.0. The zero-order valence-corrected chi connectivity index (χ0v) is 12.8. The number of hydrogen-bond acceptors (Lipinski definition) is 2. The number of carbonyl (C=O) groups excluding carboxylic acids is 1. The number of amides is 1. The molecule has 6 heteroatoms. The van der Waals surface area contributed by atoms with Crippen molar-refractivity contribution < 1.29 is 9.90 Å². The van der Waals surface area contributed by atoms with Gasteiger partial charge in [-0.3, -0.25) is 4.79 Å². The molecule has 0 aliphatic rings. The van der Waals surface area contributed by atoms with E-state index in [1.165, 1.54) is 0 Å². The molecule has 1 aromatic carbocycles. The molecule has 17 heavy (non-hydrogen) atoms. The van der Waals surface area contributed by atoms with Gasteiger partial charge in [0.05, 0.1) is 23.2 Å². The molecule has 1 atom stereocenters. The quantitative estimate of drug-likeness (QED) is 0.616. The van der Waals surface area contributed by atoms with E-state index in [-0.39, 0.29) is 18.6 Å². The highest BCUT2D eigenvalue weighted by molar-refractivity contribution is 14.1. The third-order valence-corrected chi connectivity index (χ3v) is 4.28. The fraction of sp³-hybridized carbons (Fsp3) is 0.364. The van der Waals surface area contributed by atoms with Crippen molar-refractivity contribution in [2.75, 3.05) is 6.61 Å². The Hall–Kier alpha value is -0.0400. The molecule has 0 radical (unpaired) electrons. The minimum Gasteiger partial charge on any atom is -0.394 e. The molecule has 0 aromatic heterocycles. The van der Waals surface area contributed by atoms with E-state index in [1.807, 2.05) is 29.5 Å². The fourth-order valence-corrected chi connectivity index (χ4v) is 2.31. The first-order valence-electron chi connectivity index (χ1n) is 5.05. The maximum atomic E-state index is 12.0. The van der Waals surface area contributed by atoms with Crippen LogP contribution in [0.25, 0.3) is 0 Å². The summed E-state index contributed by atoms with van der Waals surface area (Å²) in [5.74, 6) is -0.278. The molecule has 1 rings (SSSR count). The van der Waals surface area contributed by atoms with Crippen molar-refractivity contribution in [2.45, 2.75) is 19.4 Å². The molecule has 0 heterocycles. The van der Waals surface area contributed by atoms with E-state index in [0.29, 0.717) is 25.6 Å². The normalized spacial score (nSPS) is 12.3. The van der Waals surface area contributed by atoms with Crippen LogP contribution in [0, 0.1) is 3.57 Å². The molecular formula is C11H12Cl2INO2. The Balaban J connectivity index is 2.96. The van der Waals surface area contributed by atoms with Gasteiger partial charge in [0, 0.05) is 8.59 Å². The van der Waals surface area contributed by atoms with Gasteiger partial charge < -0.3 is 10.4 Å². The summed E-state index contributed by atoms with van der Waals surface area (Å²) in [6.45, 7) is 1.80. The van der Waals surface area contributed by atoms with Gasteiger partial charge in [0.1, 0.15) is 0 Å². The van der Waals surface area contributed by atoms with Crippen molar-refractivity contribution in [3.8, 4) is 0 Å². The first kappa shape index (κ1) is 15.0. The summed E-state index contributed by atoms with van der Waals surface area (Å²) in [5, 5.41) is 12.6. The summed E-state index contributed by atoms with van der Waals surface area (Å²) < 4.78 is 0.652. The van der Waals surface area contributed by atoms with Crippen LogP contribution in [0.1, 0.15) is 23.7 Å². The lowest BCUT2D eigenvalue weighted by atomic mass is 10.2. The van der Waals surface area contributed by atoms with Crippen LogP contribution in [-0.2, 0) is 0 Å². The van der Waals surface area contributed by atoms with Gasteiger partial charge >= 0.3 is 0 Å². The monoisotopic (exact) mass is 387 g/mol. The first-order chi connectivity index (χ1) is 7.99. The third-order valence-electron chi connectivity index (χ3n) is 2.29. The highest BCUT2D eigenvalue weighted by Crippen LogP contribution is 2.26. The highest BCUT2D eigenvalue weighted by Gasteiger charge is 2.16. The summed E-state index contributed by atoms with van der Waals surface area (Å²) >= 11 is 13.8. The minimum absolute atomic E-state index is 0.0902. The molecule has 1 amide bonds. The first-order valence-corrected chi connectivity index (χ1v) is 6.89. The second-order valence-corrected chi connectivity index (χ2v) is 5.43. The van der Waals surface area contributed by atoms with Gasteiger partial charge in [0.25, 0.3) is 5.91 Å². The molecule has 94 valence electrons. The van der Waals surface area contributed by atoms with Crippen molar-refractivity contribution in [1.82, 2.24) is 5.32 Å². The number of hydrogen-bond donors (Lipinski definition) is 2. The average Bonchev–Trinajstić information content (AvgIpc) is 2.30. The molecule has 0 aliphatic carbocycles. The number of aliphatic hydroxyl groups is 1. The largest absolute Gasteiger partial charge is 0.394 e. The zero-order valence-electron chi connectivity index (χ0n) is 9.14. The van der Waals surface area contributed by atoms with Crippen LogP contribution < -0.4 is 5.32 Å². The smallest absolute Gasteiger partial charge is 0.252 e. The second kappa shape index (κ2) is 6.78. The van der Waals surface area contributed by atoms with Crippen LogP contribution >= 0.6 is 45.8 Å². The van der Waals surface area contributed by atoms with Crippen LogP contribution in [0.4, 0.5) is 0 Å². The van der Waals surface area contributed by atoms with Crippen LogP contribution in [0.2, 0.25) is 10.0 Å². The standard InChI is InChI=1S/C11H12Cl2INO2/c1-2-7(5-16)15-11(17)8-3-6(12)4-9(13)10(8)14/h3-4,7,16H,2,5H2,1H3,(H,15,17). The predicted molar refractivity (Wildman–Crippen MR) is 77.8 cm³/mol. The van der Waals surface area contributed by atoms with Gasteiger partial charge in [-0.25, -0.2) is 0 Å². The van der Waals surface area contributed by atoms with Crippen LogP contribution in [0.15, 0.2) is 12.1 Å². The molecular weight excluding hydrogens is 376 g/mol. The Bertz CT molecular complexity index is 422. The van der Waals surface area contributed by atoms with E-state index in [2.05, 4.69) is 5.32 Å². The van der Waals surface area contributed by atoms with Crippen LogP contribution in [-0.4, -0.2) is 23.7 Å². The number of benzene rings is 1. The minimum atomic E-state index is -0.278. The topological polar surface area (TPSA) is 49.3 Å². The molecule has 3 nitrogen and oxygen atoms in total. The molecule has 1 unspecified atom stereocenters. The van der Waals surface area contributed by atoms with Crippen molar-refractivity contribution in [3.63, 3.8) is 0 Å². The van der Waals surface area contributed by atoms with Gasteiger partial charge in [-0.2, -0.15) is 0 Å². The van der Waals surface area contributed by atoms with Gasteiger partial charge in [-0.1, -0.05) is 30.1 Å². The van der Waals surface area contributed by atoms with Gasteiger partial charge in [-0.05, 0) is 41.1 Å². The Morgan fingerprint density at radius 3 is 2.71 bits per heavy atom. The lowest BCUT2D eigenvalue weighted by Crippen LogP contribution is -2.37. The Morgan fingerprint density at radius 1 is 1.53 bits per heavy atom. The molecule has 2 N–H and O–H groups in total. The predicted octanol–water partition coefficient (Wildman–Crippen LogP) is 3.10. The Labute approximate surface area is 124 Å². The molecule has 0 spiro atoms. The van der Waals surface area contributed by atoms with Crippen molar-refractivity contribution in [3.05, 3.63) is 31.3 Å². The van der Waals surface area contributed by atoms with Gasteiger partial charge in [0.2, 0.25) is 0 Å². The van der Waals surface area contributed by atoms with E-state index in [1.54, 1.807) is 12.1 Å².